The third-order valence-electron chi connectivity index (χ3n) is 3.74. The highest BCUT2D eigenvalue weighted by Crippen LogP contribution is 2.43. The van der Waals surface area contributed by atoms with E-state index < -0.39 is 41.0 Å². The molecule has 1 amide bonds. The van der Waals surface area contributed by atoms with E-state index >= 15 is 0 Å². The smallest absolute Gasteiger partial charge is 0.424 e. The summed E-state index contributed by atoms with van der Waals surface area (Å²) in [5.74, 6) is -2.83. The van der Waals surface area contributed by atoms with Crippen LogP contribution < -0.4 is 0 Å². The molecule has 1 aliphatic rings. The van der Waals surface area contributed by atoms with Gasteiger partial charge in [0.25, 0.3) is 0 Å². The van der Waals surface area contributed by atoms with Crippen LogP contribution in [0.5, 0.6) is 0 Å². The van der Waals surface area contributed by atoms with Crippen molar-refractivity contribution in [3.63, 3.8) is 0 Å². The zero-order valence-corrected chi connectivity index (χ0v) is 12.9. The summed E-state index contributed by atoms with van der Waals surface area (Å²) in [5.41, 5.74) is -3.06. The summed E-state index contributed by atoms with van der Waals surface area (Å²) in [6.45, 7) is 1.39. The number of carboxylic acids is 1. The molecule has 2 atom stereocenters. The van der Waals surface area contributed by atoms with Gasteiger partial charge in [-0.2, -0.15) is 13.2 Å². The summed E-state index contributed by atoms with van der Waals surface area (Å²) in [7, 11) is 0. The number of carbonyl (C=O) groups is 2. The van der Waals surface area contributed by atoms with Gasteiger partial charge in [0.05, 0.1) is 12.3 Å². The number of aryl methyl sites for hydroxylation is 1. The van der Waals surface area contributed by atoms with Gasteiger partial charge in [0.2, 0.25) is 11.5 Å². The third kappa shape index (κ3) is 3.47. The number of aliphatic hydroxyl groups is 1. The zero-order chi connectivity index (χ0) is 17.4. The first-order valence-corrected chi connectivity index (χ1v) is 7.65. The number of amides is 1. The van der Waals surface area contributed by atoms with E-state index in [-0.39, 0.29) is 19.5 Å². The third-order valence-corrected chi connectivity index (χ3v) is 4.85. The molecule has 0 aliphatic carbocycles. The fourth-order valence-electron chi connectivity index (χ4n) is 2.36. The Morgan fingerprint density at radius 1 is 1.48 bits per heavy atom. The highest BCUT2D eigenvalue weighted by molar-refractivity contribution is 7.09. The molecule has 1 aromatic rings. The van der Waals surface area contributed by atoms with Crippen LogP contribution in [0.1, 0.15) is 23.5 Å². The molecule has 0 spiro atoms. The molecule has 0 saturated carbocycles. The second-order valence-electron chi connectivity index (χ2n) is 5.49. The monoisotopic (exact) mass is 352 g/mol. The van der Waals surface area contributed by atoms with Crippen molar-refractivity contribution < 1.29 is 33.0 Å². The SMILES string of the molecule is Cc1csc(C(O)(CC(=O)N2CCC(C(=O)O)C2)C(F)(F)F)n1. The lowest BCUT2D eigenvalue weighted by Gasteiger charge is -2.29. The number of carboxylic acid groups (broad SMARTS) is 1. The van der Waals surface area contributed by atoms with E-state index in [1.165, 1.54) is 12.3 Å². The standard InChI is InChI=1S/C13H15F3N2O4S/c1-7-6-23-11(17-7)12(22,13(14,15)16)4-9(19)18-3-2-8(5-18)10(20)21/h6,8,22H,2-5H2,1H3,(H,20,21). The van der Waals surface area contributed by atoms with Crippen molar-refractivity contribution in [2.45, 2.75) is 31.5 Å². The number of hydrogen-bond acceptors (Lipinski definition) is 5. The minimum Gasteiger partial charge on any atom is -0.481 e. The number of aliphatic carboxylic acids is 1. The lowest BCUT2D eigenvalue weighted by atomic mass is 9.99. The van der Waals surface area contributed by atoms with Crippen LogP contribution in [0.3, 0.4) is 0 Å². The molecule has 0 radical (unpaired) electrons. The normalized spacial score (nSPS) is 21.3. The summed E-state index contributed by atoms with van der Waals surface area (Å²) >= 11 is 0.627. The predicted molar refractivity (Wildman–Crippen MR) is 73.7 cm³/mol. The van der Waals surface area contributed by atoms with Gasteiger partial charge in [0.1, 0.15) is 5.01 Å². The Kier molecular flexibility index (Phi) is 4.67. The molecule has 128 valence electrons. The highest BCUT2D eigenvalue weighted by atomic mass is 32.1. The molecule has 0 aromatic carbocycles. The summed E-state index contributed by atoms with van der Waals surface area (Å²) in [4.78, 5) is 27.7. The number of hydrogen-bond donors (Lipinski definition) is 2. The van der Waals surface area contributed by atoms with Crippen molar-refractivity contribution in [3.05, 3.63) is 16.1 Å². The van der Waals surface area contributed by atoms with Crippen molar-refractivity contribution in [3.8, 4) is 0 Å². The molecule has 1 fully saturated rings. The molecule has 2 unspecified atom stereocenters. The number of aromatic nitrogens is 1. The number of rotatable bonds is 4. The second-order valence-corrected chi connectivity index (χ2v) is 6.35. The maximum Gasteiger partial charge on any atom is 0.424 e. The summed E-state index contributed by atoms with van der Waals surface area (Å²) in [6.07, 6.45) is -6.10. The van der Waals surface area contributed by atoms with Crippen LogP contribution in [0.4, 0.5) is 13.2 Å². The van der Waals surface area contributed by atoms with Crippen LogP contribution >= 0.6 is 11.3 Å². The zero-order valence-electron chi connectivity index (χ0n) is 12.1. The van der Waals surface area contributed by atoms with Crippen molar-refractivity contribution in [2.24, 2.45) is 5.92 Å². The Hall–Kier alpha value is -1.68. The van der Waals surface area contributed by atoms with E-state index in [0.29, 0.717) is 17.0 Å². The molecule has 2 rings (SSSR count). The minimum absolute atomic E-state index is 0.0562. The van der Waals surface area contributed by atoms with Crippen LogP contribution in [-0.2, 0) is 15.2 Å². The summed E-state index contributed by atoms with van der Waals surface area (Å²) in [5, 5.41) is 19.7. The van der Waals surface area contributed by atoms with Gasteiger partial charge in [-0.3, -0.25) is 9.59 Å². The molecular formula is C13H15F3N2O4S. The first-order valence-electron chi connectivity index (χ1n) is 6.77. The number of carbonyl (C=O) groups excluding carboxylic acids is 1. The maximum absolute atomic E-state index is 13.3. The molecule has 2 heterocycles. The summed E-state index contributed by atoms with van der Waals surface area (Å²) < 4.78 is 39.9. The van der Waals surface area contributed by atoms with Crippen LogP contribution in [0.25, 0.3) is 0 Å². The van der Waals surface area contributed by atoms with Gasteiger partial charge in [-0.05, 0) is 13.3 Å². The van der Waals surface area contributed by atoms with Crippen molar-refractivity contribution in [2.75, 3.05) is 13.1 Å². The number of likely N-dealkylation sites (tertiary alicyclic amines) is 1. The fraction of sp³-hybridized carbons (Fsp3) is 0.615. The molecule has 2 N–H and O–H groups in total. The van der Waals surface area contributed by atoms with Crippen molar-refractivity contribution in [1.82, 2.24) is 9.88 Å². The molecule has 0 bridgehead atoms. The Morgan fingerprint density at radius 3 is 2.57 bits per heavy atom. The molecule has 1 aliphatic heterocycles. The lowest BCUT2D eigenvalue weighted by Crippen LogP contribution is -2.46. The maximum atomic E-state index is 13.3. The second kappa shape index (κ2) is 6.08. The predicted octanol–water partition coefficient (Wildman–Crippen LogP) is 1.52. The largest absolute Gasteiger partial charge is 0.481 e. The van der Waals surface area contributed by atoms with E-state index in [4.69, 9.17) is 5.11 Å². The Labute approximate surface area is 133 Å². The van der Waals surface area contributed by atoms with Crippen molar-refractivity contribution in [1.29, 1.82) is 0 Å². The van der Waals surface area contributed by atoms with Gasteiger partial charge in [-0.25, -0.2) is 4.98 Å². The fourth-order valence-corrected chi connectivity index (χ4v) is 3.27. The van der Waals surface area contributed by atoms with Crippen LogP contribution in [0.2, 0.25) is 0 Å². The van der Waals surface area contributed by atoms with Crippen molar-refractivity contribution >= 4 is 23.2 Å². The average molecular weight is 352 g/mol. The Morgan fingerprint density at radius 2 is 2.13 bits per heavy atom. The highest BCUT2D eigenvalue weighted by Gasteiger charge is 2.58. The van der Waals surface area contributed by atoms with Gasteiger partial charge in [-0.1, -0.05) is 0 Å². The average Bonchev–Trinajstić information content (AvgIpc) is 3.05. The quantitative estimate of drug-likeness (QED) is 0.857. The van der Waals surface area contributed by atoms with E-state index in [0.717, 1.165) is 4.90 Å². The van der Waals surface area contributed by atoms with Gasteiger partial charge in [0.15, 0.2) is 0 Å². The molecule has 10 heteroatoms. The molecule has 23 heavy (non-hydrogen) atoms. The molecular weight excluding hydrogens is 337 g/mol. The van der Waals surface area contributed by atoms with Gasteiger partial charge in [0, 0.05) is 24.2 Å². The summed E-state index contributed by atoms with van der Waals surface area (Å²) in [6, 6.07) is 0. The first-order chi connectivity index (χ1) is 10.5. The number of thiazole rings is 1. The van der Waals surface area contributed by atoms with E-state index in [1.54, 1.807) is 0 Å². The Bertz CT molecular complexity index is 619. The van der Waals surface area contributed by atoms with E-state index in [2.05, 4.69) is 4.98 Å². The van der Waals surface area contributed by atoms with Gasteiger partial charge in [-0.15, -0.1) is 11.3 Å². The first kappa shape index (κ1) is 17.7. The van der Waals surface area contributed by atoms with Gasteiger partial charge >= 0.3 is 12.1 Å². The van der Waals surface area contributed by atoms with Gasteiger partial charge < -0.3 is 15.1 Å². The van der Waals surface area contributed by atoms with E-state index in [1.807, 2.05) is 0 Å². The lowest BCUT2D eigenvalue weighted by molar-refractivity contribution is -0.268. The topological polar surface area (TPSA) is 90.7 Å². The van der Waals surface area contributed by atoms with Crippen LogP contribution in [0, 0.1) is 12.8 Å². The van der Waals surface area contributed by atoms with Crippen LogP contribution in [-0.4, -0.2) is 51.2 Å². The molecule has 1 aromatic heterocycles. The number of alkyl halides is 3. The molecule has 1 saturated heterocycles. The molecule has 6 nitrogen and oxygen atoms in total. The minimum atomic E-state index is -5.07. The van der Waals surface area contributed by atoms with Crippen LogP contribution in [0.15, 0.2) is 5.38 Å². The van der Waals surface area contributed by atoms with E-state index in [9.17, 15) is 27.9 Å². The number of nitrogens with zero attached hydrogens (tertiary/aromatic N) is 2. The number of halogens is 3. The Balaban J connectivity index is 2.19.